The third-order valence-electron chi connectivity index (χ3n) is 5.10. The molecule has 2 atom stereocenters. The highest BCUT2D eigenvalue weighted by atomic mass is 35.5. The number of carboxylic acid groups (broad SMARTS) is 2. The first kappa shape index (κ1) is 33.7. The number of halogens is 1. The van der Waals surface area contributed by atoms with Crippen molar-refractivity contribution in [3.8, 4) is 0 Å². The van der Waals surface area contributed by atoms with Crippen molar-refractivity contribution in [1.82, 2.24) is 4.90 Å². The van der Waals surface area contributed by atoms with Crippen molar-refractivity contribution in [2.75, 3.05) is 11.9 Å². The highest BCUT2D eigenvalue weighted by Crippen LogP contribution is 2.31. The third-order valence-corrected chi connectivity index (χ3v) is 5.43. The molecule has 2 aromatic carbocycles. The van der Waals surface area contributed by atoms with Crippen LogP contribution in [0.1, 0.15) is 44.2 Å². The highest BCUT2D eigenvalue weighted by molar-refractivity contribution is 6.32. The number of amides is 3. The van der Waals surface area contributed by atoms with E-state index in [9.17, 15) is 28.8 Å². The molecule has 0 spiro atoms. The van der Waals surface area contributed by atoms with E-state index in [0.29, 0.717) is 11.3 Å². The van der Waals surface area contributed by atoms with Gasteiger partial charge in [0.15, 0.2) is 0 Å². The molecule has 0 saturated heterocycles. The van der Waals surface area contributed by atoms with Crippen LogP contribution in [0.15, 0.2) is 48.5 Å². The largest absolute Gasteiger partial charge is 0.480 e. The fraction of sp³-hybridized carbons (Fsp3) is 0.333. The van der Waals surface area contributed by atoms with Gasteiger partial charge in [-0.2, -0.15) is 0 Å². The molecule has 0 aliphatic carbocycles. The Bertz CT molecular complexity index is 1200. The molecule has 1 unspecified atom stereocenters. The van der Waals surface area contributed by atoms with Crippen LogP contribution in [0.25, 0.3) is 0 Å². The van der Waals surface area contributed by atoms with E-state index in [0.717, 1.165) is 5.56 Å². The van der Waals surface area contributed by atoms with Crippen molar-refractivity contribution in [3.05, 3.63) is 64.7 Å². The maximum Gasteiger partial charge on any atom is 0.417 e. The zero-order valence-electron chi connectivity index (χ0n) is 22.2. The van der Waals surface area contributed by atoms with Crippen molar-refractivity contribution in [3.63, 3.8) is 0 Å². The Morgan fingerprint density at radius 1 is 1.05 bits per heavy atom. The van der Waals surface area contributed by atoms with Crippen LogP contribution < -0.4 is 11.1 Å². The number of imide groups is 1. The number of carbonyl (C=O) groups excluding carboxylic acids is 4. The van der Waals surface area contributed by atoms with Crippen LogP contribution in [0.4, 0.5) is 10.5 Å². The van der Waals surface area contributed by atoms with E-state index >= 15 is 0 Å². The maximum atomic E-state index is 12.2. The molecule has 0 heterocycles. The number of hydrogen-bond acceptors (Lipinski definition) is 8. The molecule has 0 aromatic heterocycles. The number of aliphatic carboxylic acids is 2. The van der Waals surface area contributed by atoms with Gasteiger partial charge in [0.2, 0.25) is 11.8 Å². The third kappa shape index (κ3) is 11.2. The Morgan fingerprint density at radius 2 is 1.68 bits per heavy atom. The number of aldehydes is 1. The van der Waals surface area contributed by atoms with Crippen molar-refractivity contribution >= 4 is 53.4 Å². The van der Waals surface area contributed by atoms with Gasteiger partial charge in [-0.1, -0.05) is 61.8 Å². The van der Waals surface area contributed by atoms with Crippen LogP contribution >= 0.6 is 11.6 Å². The quantitative estimate of drug-likeness (QED) is 0.227. The number of nitrogens with one attached hydrogen (secondary N) is 1. The average Bonchev–Trinajstić information content (AvgIpc) is 2.87. The van der Waals surface area contributed by atoms with Gasteiger partial charge in [-0.05, 0) is 30.0 Å². The number of carbonyl (C=O) groups is 6. The van der Waals surface area contributed by atoms with Crippen LogP contribution in [0, 0.1) is 5.92 Å². The van der Waals surface area contributed by atoms with Crippen LogP contribution in [0.3, 0.4) is 0 Å². The number of rotatable bonds is 11. The first-order valence-corrected chi connectivity index (χ1v) is 12.4. The molecular weight excluding hydrogens is 546 g/mol. The van der Waals surface area contributed by atoms with Crippen molar-refractivity contribution in [2.45, 2.75) is 45.8 Å². The maximum absolute atomic E-state index is 12.2. The molecule has 3 amide bonds. The molecule has 0 bridgehead atoms. The smallest absolute Gasteiger partial charge is 0.417 e. The summed E-state index contributed by atoms with van der Waals surface area (Å²) in [5.74, 6) is -5.01. The fourth-order valence-electron chi connectivity index (χ4n) is 3.38. The minimum absolute atomic E-state index is 0.0531. The van der Waals surface area contributed by atoms with Crippen molar-refractivity contribution in [2.24, 2.45) is 11.7 Å². The Hall–Kier alpha value is -4.29. The van der Waals surface area contributed by atoms with Gasteiger partial charge in [-0.3, -0.25) is 19.2 Å². The molecule has 40 heavy (non-hydrogen) atoms. The Morgan fingerprint density at radius 3 is 2.17 bits per heavy atom. The summed E-state index contributed by atoms with van der Waals surface area (Å²) in [7, 11) is 0. The molecule has 216 valence electrons. The van der Waals surface area contributed by atoms with Crippen LogP contribution in [-0.2, 0) is 35.3 Å². The lowest BCUT2D eigenvalue weighted by atomic mass is 9.98. The molecule has 5 N–H and O–H groups in total. The standard InChI is InChI=1S/C16H22N2O5.C11H10ClNO4/c1-11(2)8-13(17)15(21)18(9-14(19)20)16(22)23-10-12-6-4-3-5-7-12;1-6(15)13-9-4-2-3-8(12)10(9)7(5-14)11(16)17/h3-7,11,13H,8-10,17H2,1-2H3,(H,19,20);2-5,7H,1H3,(H,13,15)(H,16,17)/t13-;/m0./s1. The lowest BCUT2D eigenvalue weighted by molar-refractivity contribution is -0.144. The van der Waals surface area contributed by atoms with E-state index in [1.807, 2.05) is 19.9 Å². The molecule has 0 aliphatic rings. The summed E-state index contributed by atoms with van der Waals surface area (Å²) in [6.45, 7) is 4.20. The second kappa shape index (κ2) is 16.6. The van der Waals surface area contributed by atoms with Gasteiger partial charge in [-0.15, -0.1) is 0 Å². The SMILES string of the molecule is CC(=O)Nc1cccc(Cl)c1C(C=O)C(=O)O.CC(C)C[C@H](N)C(=O)N(CC(=O)O)C(=O)OCc1ccccc1. The summed E-state index contributed by atoms with van der Waals surface area (Å²) in [4.78, 5) is 68.4. The minimum Gasteiger partial charge on any atom is -0.480 e. The first-order chi connectivity index (χ1) is 18.8. The topological polar surface area (TPSA) is 193 Å². The van der Waals surface area contributed by atoms with E-state index in [4.69, 9.17) is 32.3 Å². The number of anilines is 1. The van der Waals surface area contributed by atoms with Crippen LogP contribution in [0.5, 0.6) is 0 Å². The molecule has 0 saturated carbocycles. The van der Waals surface area contributed by atoms with E-state index in [-0.39, 0.29) is 41.0 Å². The van der Waals surface area contributed by atoms with E-state index in [2.05, 4.69) is 5.32 Å². The first-order valence-electron chi connectivity index (χ1n) is 12.0. The van der Waals surface area contributed by atoms with Crippen LogP contribution in [-0.4, -0.2) is 63.8 Å². The van der Waals surface area contributed by atoms with Gasteiger partial charge in [0, 0.05) is 23.2 Å². The molecular formula is C27H32ClN3O9. The summed E-state index contributed by atoms with van der Waals surface area (Å²) < 4.78 is 5.01. The van der Waals surface area contributed by atoms with Gasteiger partial charge in [-0.25, -0.2) is 9.69 Å². The van der Waals surface area contributed by atoms with Crippen LogP contribution in [0.2, 0.25) is 5.02 Å². The normalized spacial score (nSPS) is 11.8. The fourth-order valence-corrected chi connectivity index (χ4v) is 3.67. The summed E-state index contributed by atoms with van der Waals surface area (Å²) >= 11 is 5.86. The monoisotopic (exact) mass is 577 g/mol. The number of hydrogen-bond donors (Lipinski definition) is 4. The summed E-state index contributed by atoms with van der Waals surface area (Å²) in [6, 6.07) is 12.4. The lowest BCUT2D eigenvalue weighted by Crippen LogP contribution is -2.49. The number of nitrogens with two attached hydrogens (primary N) is 1. The zero-order chi connectivity index (χ0) is 30.4. The molecule has 2 aromatic rings. The van der Waals surface area contributed by atoms with Gasteiger partial charge < -0.3 is 30.8 Å². The lowest BCUT2D eigenvalue weighted by Gasteiger charge is -2.22. The number of benzene rings is 2. The van der Waals surface area contributed by atoms with Gasteiger partial charge in [0.25, 0.3) is 0 Å². The number of ether oxygens (including phenoxy) is 1. The highest BCUT2D eigenvalue weighted by Gasteiger charge is 2.30. The zero-order valence-corrected chi connectivity index (χ0v) is 23.0. The molecule has 0 radical (unpaired) electrons. The molecule has 0 aliphatic heterocycles. The Balaban J connectivity index is 0.000000418. The summed E-state index contributed by atoms with van der Waals surface area (Å²) in [5, 5.41) is 20.4. The van der Waals surface area contributed by atoms with E-state index < -0.39 is 42.4 Å². The predicted octanol–water partition coefficient (Wildman–Crippen LogP) is 3.28. The molecule has 13 heteroatoms. The minimum atomic E-state index is -1.40. The van der Waals surface area contributed by atoms with Gasteiger partial charge in [0.05, 0.1) is 6.04 Å². The van der Waals surface area contributed by atoms with E-state index in [1.54, 1.807) is 30.3 Å². The predicted molar refractivity (Wildman–Crippen MR) is 146 cm³/mol. The van der Waals surface area contributed by atoms with E-state index in [1.165, 1.54) is 19.1 Å². The second-order valence-corrected chi connectivity index (χ2v) is 9.34. The Labute approximate surface area is 236 Å². The Kier molecular flexibility index (Phi) is 14.0. The van der Waals surface area contributed by atoms with Crippen molar-refractivity contribution in [1.29, 1.82) is 0 Å². The van der Waals surface area contributed by atoms with Gasteiger partial charge >= 0.3 is 18.0 Å². The number of carboxylic acids is 2. The molecule has 0 fully saturated rings. The summed E-state index contributed by atoms with van der Waals surface area (Å²) in [5.41, 5.74) is 6.80. The summed E-state index contributed by atoms with van der Waals surface area (Å²) in [6.07, 6.45) is -0.393. The second-order valence-electron chi connectivity index (χ2n) is 8.93. The number of nitrogens with zero attached hydrogens (tertiary/aromatic N) is 1. The average molecular weight is 578 g/mol. The molecule has 12 nitrogen and oxygen atoms in total. The van der Waals surface area contributed by atoms with Gasteiger partial charge in [0.1, 0.15) is 25.4 Å². The molecule has 2 rings (SSSR count). The van der Waals surface area contributed by atoms with Crippen molar-refractivity contribution < 1.29 is 43.7 Å².